The second kappa shape index (κ2) is 6.19. The van der Waals surface area contributed by atoms with Crippen molar-refractivity contribution < 1.29 is 14.7 Å². The Morgan fingerprint density at radius 2 is 2.05 bits per heavy atom. The average Bonchev–Trinajstić information content (AvgIpc) is 2.44. The van der Waals surface area contributed by atoms with Crippen molar-refractivity contribution in [2.45, 2.75) is 19.4 Å². The van der Waals surface area contributed by atoms with Crippen LogP contribution < -0.4 is 10.6 Å². The number of amides is 1. The first-order chi connectivity index (χ1) is 10.3. The van der Waals surface area contributed by atoms with E-state index in [1.807, 2.05) is 11.8 Å². The van der Waals surface area contributed by atoms with Crippen LogP contribution in [0.4, 0.5) is 5.82 Å². The van der Waals surface area contributed by atoms with Gasteiger partial charge in [0.15, 0.2) is 0 Å². The number of pyridine rings is 1. The molecular weight excluding hydrogens is 306 g/mol. The number of aromatic carboxylic acids is 1. The lowest BCUT2D eigenvalue weighted by atomic mass is 10.1. The van der Waals surface area contributed by atoms with Crippen molar-refractivity contribution in [3.05, 3.63) is 34.9 Å². The lowest BCUT2D eigenvalue weighted by Gasteiger charge is -2.25. The van der Waals surface area contributed by atoms with Crippen LogP contribution in [0.25, 0.3) is 10.9 Å². The fourth-order valence-electron chi connectivity index (χ4n) is 2.23. The van der Waals surface area contributed by atoms with Gasteiger partial charge in [-0.25, -0.2) is 9.78 Å². The van der Waals surface area contributed by atoms with Crippen LogP contribution >= 0.6 is 11.6 Å². The largest absolute Gasteiger partial charge is 0.478 e. The number of carbonyl (C=O) groups is 2. The molecule has 1 heterocycles. The number of nitrogens with two attached hydrogens (primary N) is 1. The van der Waals surface area contributed by atoms with Crippen molar-refractivity contribution in [3.8, 4) is 0 Å². The summed E-state index contributed by atoms with van der Waals surface area (Å²) in [6.07, 6.45) is 0.206. The maximum absolute atomic E-state index is 11.3. The number of fused-ring (bicyclic) bond motifs is 1. The molecule has 1 aromatic heterocycles. The highest BCUT2D eigenvalue weighted by Crippen LogP contribution is 2.27. The van der Waals surface area contributed by atoms with Gasteiger partial charge in [-0.15, -0.1) is 0 Å². The van der Waals surface area contributed by atoms with Crippen molar-refractivity contribution in [1.82, 2.24) is 4.98 Å². The summed E-state index contributed by atoms with van der Waals surface area (Å²) in [5.41, 5.74) is 5.76. The van der Waals surface area contributed by atoms with Gasteiger partial charge in [0.2, 0.25) is 5.91 Å². The second-order valence-corrected chi connectivity index (χ2v) is 5.50. The van der Waals surface area contributed by atoms with Gasteiger partial charge in [-0.2, -0.15) is 0 Å². The molecule has 2 rings (SSSR count). The van der Waals surface area contributed by atoms with Crippen LogP contribution in [0.15, 0.2) is 24.3 Å². The van der Waals surface area contributed by atoms with Crippen LogP contribution in [-0.2, 0) is 4.79 Å². The van der Waals surface area contributed by atoms with Crippen LogP contribution in [0.2, 0.25) is 5.02 Å². The summed E-state index contributed by atoms with van der Waals surface area (Å²) < 4.78 is 0. The Morgan fingerprint density at radius 3 is 2.64 bits per heavy atom. The van der Waals surface area contributed by atoms with Gasteiger partial charge in [-0.1, -0.05) is 11.6 Å². The Balaban J connectivity index is 2.45. The van der Waals surface area contributed by atoms with Gasteiger partial charge < -0.3 is 15.7 Å². The Kier molecular flexibility index (Phi) is 4.51. The molecule has 0 spiro atoms. The van der Waals surface area contributed by atoms with Gasteiger partial charge in [0.05, 0.1) is 16.1 Å². The molecule has 0 saturated heterocycles. The van der Waals surface area contributed by atoms with Gasteiger partial charge in [-0.3, -0.25) is 4.79 Å². The first-order valence-electron chi connectivity index (χ1n) is 6.65. The molecule has 0 fully saturated rings. The molecule has 1 unspecified atom stereocenters. The number of hydrogen-bond donors (Lipinski definition) is 2. The summed E-state index contributed by atoms with van der Waals surface area (Å²) in [5.74, 6) is -0.861. The number of rotatable bonds is 5. The highest BCUT2D eigenvalue weighted by molar-refractivity contribution is 6.35. The zero-order valence-corrected chi connectivity index (χ0v) is 13.0. The Bertz CT molecular complexity index is 748. The standard InChI is InChI=1S/C15H16ClN3O3/c1-8(7-12(17)20)19(2)13-6-3-9-11(18-13)5-4-10(16)14(9)15(21)22/h3-6,8H,7H2,1-2H3,(H2,17,20)(H,21,22). The summed E-state index contributed by atoms with van der Waals surface area (Å²) in [6, 6.07) is 6.42. The van der Waals surface area contributed by atoms with Gasteiger partial charge >= 0.3 is 5.97 Å². The first kappa shape index (κ1) is 16.0. The molecular formula is C15H16ClN3O3. The van der Waals surface area contributed by atoms with Crippen LogP contribution in [0.3, 0.4) is 0 Å². The van der Waals surface area contributed by atoms with E-state index in [-0.39, 0.29) is 29.0 Å². The number of aromatic nitrogens is 1. The second-order valence-electron chi connectivity index (χ2n) is 5.09. The molecule has 0 bridgehead atoms. The third kappa shape index (κ3) is 3.12. The molecule has 1 amide bonds. The monoisotopic (exact) mass is 321 g/mol. The van der Waals surface area contributed by atoms with Crippen LogP contribution in [-0.4, -0.2) is 35.1 Å². The number of halogens is 1. The molecule has 6 nitrogen and oxygen atoms in total. The summed E-state index contributed by atoms with van der Waals surface area (Å²) in [4.78, 5) is 28.6. The van der Waals surface area contributed by atoms with E-state index in [1.165, 1.54) is 6.07 Å². The highest BCUT2D eigenvalue weighted by atomic mass is 35.5. The van der Waals surface area contributed by atoms with E-state index in [1.54, 1.807) is 25.2 Å². The molecule has 0 saturated carbocycles. The van der Waals surface area contributed by atoms with Gasteiger partial charge in [0.1, 0.15) is 5.82 Å². The number of nitrogens with zero attached hydrogens (tertiary/aromatic N) is 2. The van der Waals surface area contributed by atoms with Crippen molar-refractivity contribution in [3.63, 3.8) is 0 Å². The maximum atomic E-state index is 11.3. The predicted octanol–water partition coefficient (Wildman–Crippen LogP) is 2.29. The normalized spacial score (nSPS) is 12.1. The molecule has 116 valence electrons. The zero-order chi connectivity index (χ0) is 16.4. The molecule has 0 aliphatic heterocycles. The molecule has 0 aliphatic carbocycles. The highest BCUT2D eigenvalue weighted by Gasteiger charge is 2.17. The van der Waals surface area contributed by atoms with Crippen LogP contribution in [0.1, 0.15) is 23.7 Å². The van der Waals surface area contributed by atoms with E-state index in [2.05, 4.69) is 4.98 Å². The van der Waals surface area contributed by atoms with Crippen molar-refractivity contribution >= 4 is 40.2 Å². The molecule has 22 heavy (non-hydrogen) atoms. The predicted molar refractivity (Wildman–Crippen MR) is 85.4 cm³/mol. The number of carboxylic acid groups (broad SMARTS) is 1. The fraction of sp³-hybridized carbons (Fsp3) is 0.267. The van der Waals surface area contributed by atoms with Crippen molar-refractivity contribution in [2.24, 2.45) is 5.73 Å². The SMILES string of the molecule is CC(CC(N)=O)N(C)c1ccc2c(C(=O)O)c(Cl)ccc2n1. The third-order valence-electron chi connectivity index (χ3n) is 3.54. The molecule has 3 N–H and O–H groups in total. The summed E-state index contributed by atoms with van der Waals surface area (Å²) in [7, 11) is 1.80. The number of anilines is 1. The van der Waals surface area contributed by atoms with Gasteiger partial charge in [0.25, 0.3) is 0 Å². The molecule has 1 aromatic carbocycles. The van der Waals surface area contributed by atoms with Crippen molar-refractivity contribution in [2.75, 3.05) is 11.9 Å². The van der Waals surface area contributed by atoms with Crippen LogP contribution in [0, 0.1) is 0 Å². The number of primary amides is 1. The molecule has 2 aromatic rings. The van der Waals surface area contributed by atoms with Gasteiger partial charge in [0, 0.05) is 24.9 Å². The van der Waals surface area contributed by atoms with Crippen molar-refractivity contribution in [1.29, 1.82) is 0 Å². The fourth-order valence-corrected chi connectivity index (χ4v) is 2.48. The zero-order valence-electron chi connectivity index (χ0n) is 12.2. The minimum absolute atomic E-state index is 0.0334. The van der Waals surface area contributed by atoms with E-state index >= 15 is 0 Å². The number of hydrogen-bond acceptors (Lipinski definition) is 4. The Morgan fingerprint density at radius 1 is 1.36 bits per heavy atom. The number of carbonyl (C=O) groups excluding carboxylic acids is 1. The van der Waals surface area contributed by atoms with E-state index < -0.39 is 5.97 Å². The van der Waals surface area contributed by atoms with E-state index in [0.29, 0.717) is 16.7 Å². The minimum Gasteiger partial charge on any atom is -0.478 e. The summed E-state index contributed by atoms with van der Waals surface area (Å²) in [6.45, 7) is 1.86. The number of benzene rings is 1. The van der Waals surface area contributed by atoms with E-state index in [0.717, 1.165) is 0 Å². The molecule has 1 atom stereocenters. The van der Waals surface area contributed by atoms with Gasteiger partial charge in [-0.05, 0) is 31.2 Å². The third-order valence-corrected chi connectivity index (χ3v) is 3.85. The lowest BCUT2D eigenvalue weighted by Crippen LogP contribution is -2.33. The average molecular weight is 322 g/mol. The Hall–Kier alpha value is -2.34. The number of carboxylic acids is 1. The lowest BCUT2D eigenvalue weighted by molar-refractivity contribution is -0.118. The quantitative estimate of drug-likeness (QED) is 0.880. The van der Waals surface area contributed by atoms with Crippen LogP contribution in [0.5, 0.6) is 0 Å². The van der Waals surface area contributed by atoms with E-state index in [9.17, 15) is 14.7 Å². The summed E-state index contributed by atoms with van der Waals surface area (Å²) >= 11 is 5.94. The smallest absolute Gasteiger partial charge is 0.337 e. The Labute approximate surface area is 132 Å². The topological polar surface area (TPSA) is 96.5 Å². The minimum atomic E-state index is -1.10. The molecule has 0 aliphatic rings. The molecule has 0 radical (unpaired) electrons. The first-order valence-corrected chi connectivity index (χ1v) is 7.02. The van der Waals surface area contributed by atoms with E-state index in [4.69, 9.17) is 17.3 Å². The maximum Gasteiger partial charge on any atom is 0.337 e. The summed E-state index contributed by atoms with van der Waals surface area (Å²) in [5, 5.41) is 9.90. The molecule has 7 heteroatoms.